The number of halogens is 3. The highest BCUT2D eigenvalue weighted by molar-refractivity contribution is 6.35. The zero-order valence-corrected chi connectivity index (χ0v) is 21.3. The van der Waals surface area contributed by atoms with Crippen molar-refractivity contribution in [3.8, 4) is 11.6 Å². The third kappa shape index (κ3) is 5.41. The van der Waals surface area contributed by atoms with Gasteiger partial charge in [-0.3, -0.25) is 5.32 Å². The van der Waals surface area contributed by atoms with Crippen LogP contribution in [0, 0.1) is 0 Å². The van der Waals surface area contributed by atoms with Crippen LogP contribution in [0.4, 0.5) is 10.6 Å². The van der Waals surface area contributed by atoms with Crippen molar-refractivity contribution in [2.24, 2.45) is 0 Å². The number of nitrogens with zero attached hydrogens (tertiary/aromatic N) is 3. The molecule has 182 valence electrons. The van der Waals surface area contributed by atoms with Crippen molar-refractivity contribution < 1.29 is 9.53 Å². The number of fused-ring (bicyclic) bond motifs is 1. The predicted molar refractivity (Wildman–Crippen MR) is 144 cm³/mol. The summed E-state index contributed by atoms with van der Waals surface area (Å²) < 4.78 is 7.46. The molecule has 0 spiro atoms. The number of ether oxygens (including phenoxy) is 1. The van der Waals surface area contributed by atoms with Crippen LogP contribution in [0.2, 0.25) is 15.1 Å². The zero-order valence-electron chi connectivity index (χ0n) is 19.0. The first-order chi connectivity index (χ1) is 17.5. The maximum absolute atomic E-state index is 12.7. The summed E-state index contributed by atoms with van der Waals surface area (Å²) >= 11 is 18.8. The van der Waals surface area contributed by atoms with Crippen LogP contribution < -0.4 is 10.1 Å². The molecule has 2 heterocycles. The Morgan fingerprint density at radius 2 is 1.75 bits per heavy atom. The van der Waals surface area contributed by atoms with Gasteiger partial charge >= 0.3 is 6.09 Å². The van der Waals surface area contributed by atoms with E-state index in [2.05, 4.69) is 16.4 Å². The zero-order chi connectivity index (χ0) is 25.1. The number of nitrogens with one attached hydrogen (secondary N) is 1. The number of pyridine rings is 1. The number of allylic oxidation sites excluding steroid dienone is 1. The molecule has 0 radical (unpaired) electrons. The van der Waals surface area contributed by atoms with E-state index in [-0.39, 0.29) is 5.88 Å². The summed E-state index contributed by atoms with van der Waals surface area (Å²) in [7, 11) is 0. The second-order valence-corrected chi connectivity index (χ2v) is 9.58. The van der Waals surface area contributed by atoms with Gasteiger partial charge in [-0.2, -0.15) is 0 Å². The number of amides is 1. The van der Waals surface area contributed by atoms with Gasteiger partial charge in [-0.05, 0) is 85.4 Å². The van der Waals surface area contributed by atoms with Gasteiger partial charge in [0, 0.05) is 21.8 Å². The lowest BCUT2D eigenvalue weighted by Crippen LogP contribution is -2.18. The van der Waals surface area contributed by atoms with Gasteiger partial charge in [0.05, 0.1) is 16.4 Å². The van der Waals surface area contributed by atoms with Gasteiger partial charge in [0.25, 0.3) is 0 Å². The number of anilines is 1. The summed E-state index contributed by atoms with van der Waals surface area (Å²) in [5.74, 6) is 0.616. The quantitative estimate of drug-likeness (QED) is 0.266. The summed E-state index contributed by atoms with van der Waals surface area (Å²) in [6.45, 7) is 0. The molecule has 1 N–H and O–H groups in total. The van der Waals surface area contributed by atoms with Gasteiger partial charge in [0.15, 0.2) is 0 Å². The molecule has 0 bridgehead atoms. The van der Waals surface area contributed by atoms with Crippen LogP contribution in [-0.4, -0.2) is 20.9 Å². The summed E-state index contributed by atoms with van der Waals surface area (Å²) in [6, 6.07) is 18.1. The maximum atomic E-state index is 12.7. The van der Waals surface area contributed by atoms with Crippen LogP contribution in [0.5, 0.6) is 5.88 Å². The van der Waals surface area contributed by atoms with Crippen molar-refractivity contribution in [3.63, 3.8) is 0 Å². The van der Waals surface area contributed by atoms with E-state index in [1.54, 1.807) is 47.3 Å². The fraction of sp³-hybridized carbons (Fsp3) is 0.148. The Kier molecular flexibility index (Phi) is 7.28. The molecule has 6 nitrogen and oxygen atoms in total. The second kappa shape index (κ2) is 10.7. The molecular formula is C27H21Cl3N4O2. The smallest absolute Gasteiger partial charge is 0.389 e. The van der Waals surface area contributed by atoms with E-state index < -0.39 is 6.09 Å². The topological polar surface area (TPSA) is 69.0 Å². The summed E-state index contributed by atoms with van der Waals surface area (Å²) in [4.78, 5) is 16.8. The lowest BCUT2D eigenvalue weighted by molar-refractivity contribution is 0.212. The minimum absolute atomic E-state index is 0.230. The maximum Gasteiger partial charge on any atom is 0.419 e. The SMILES string of the molecule is O=C(Nc1ccccn1)Oc1nn(-c2ccc(Cl)cc2Cl)c2c1CCCC/C2=C\c1ccc(Cl)cc1. The van der Waals surface area contributed by atoms with Crippen LogP contribution in [0.25, 0.3) is 17.3 Å². The van der Waals surface area contributed by atoms with Crippen LogP contribution >= 0.6 is 34.8 Å². The monoisotopic (exact) mass is 538 g/mol. The second-order valence-electron chi connectivity index (χ2n) is 8.30. The number of hydrogen-bond donors (Lipinski definition) is 1. The van der Waals surface area contributed by atoms with Crippen LogP contribution in [0.3, 0.4) is 0 Å². The van der Waals surface area contributed by atoms with E-state index in [9.17, 15) is 4.79 Å². The van der Waals surface area contributed by atoms with E-state index in [4.69, 9.17) is 44.6 Å². The Morgan fingerprint density at radius 1 is 0.972 bits per heavy atom. The van der Waals surface area contributed by atoms with Crippen molar-refractivity contribution in [1.82, 2.24) is 14.8 Å². The van der Waals surface area contributed by atoms with Crippen LogP contribution in [0.15, 0.2) is 66.9 Å². The highest BCUT2D eigenvalue weighted by Gasteiger charge is 2.27. The molecular weight excluding hydrogens is 519 g/mol. The van der Waals surface area contributed by atoms with Crippen molar-refractivity contribution in [3.05, 3.63) is 98.7 Å². The largest absolute Gasteiger partial charge is 0.419 e. The Labute approximate surface area is 223 Å². The number of hydrogen-bond acceptors (Lipinski definition) is 4. The number of benzene rings is 2. The molecule has 0 unspecified atom stereocenters. The van der Waals surface area contributed by atoms with Gasteiger partial charge in [0.1, 0.15) is 5.82 Å². The lowest BCUT2D eigenvalue weighted by Gasteiger charge is -2.12. The van der Waals surface area contributed by atoms with E-state index in [0.29, 0.717) is 33.0 Å². The van der Waals surface area contributed by atoms with E-state index in [1.807, 2.05) is 24.3 Å². The predicted octanol–water partition coefficient (Wildman–Crippen LogP) is 8.11. The van der Waals surface area contributed by atoms with Crippen LogP contribution in [-0.2, 0) is 6.42 Å². The molecule has 0 saturated carbocycles. The third-order valence-corrected chi connectivity index (χ3v) is 6.60. The molecule has 2 aromatic carbocycles. The number of carbonyl (C=O) groups is 1. The standard InChI is InChI=1S/C27H21Cl3N4O2/c28-19-10-8-17(9-11-19)15-18-5-1-2-6-21-25(18)34(23-13-12-20(29)16-22(23)30)33-26(21)36-27(35)32-24-7-3-4-14-31-24/h3-4,7-16H,1-2,5-6H2,(H,31,32,35)/b18-15+. The minimum atomic E-state index is -0.671. The van der Waals surface area contributed by atoms with E-state index >= 15 is 0 Å². The van der Waals surface area contributed by atoms with Gasteiger partial charge in [-0.25, -0.2) is 14.5 Å². The first kappa shape index (κ1) is 24.4. The average molecular weight is 540 g/mol. The molecule has 5 rings (SSSR count). The molecule has 0 fully saturated rings. The Morgan fingerprint density at radius 3 is 2.50 bits per heavy atom. The van der Waals surface area contributed by atoms with Crippen molar-refractivity contribution in [1.29, 1.82) is 0 Å². The molecule has 1 aliphatic carbocycles. The number of rotatable bonds is 4. The van der Waals surface area contributed by atoms with Gasteiger partial charge in [0.2, 0.25) is 5.88 Å². The van der Waals surface area contributed by atoms with Gasteiger partial charge < -0.3 is 4.74 Å². The van der Waals surface area contributed by atoms with E-state index in [1.165, 1.54) is 0 Å². The summed E-state index contributed by atoms with van der Waals surface area (Å²) in [5, 5.41) is 8.98. The summed E-state index contributed by atoms with van der Waals surface area (Å²) in [6.07, 6.45) is 6.45. The number of aromatic nitrogens is 3. The normalized spacial score (nSPS) is 14.2. The Bertz CT molecular complexity index is 1430. The molecule has 2 aromatic heterocycles. The highest BCUT2D eigenvalue weighted by atomic mass is 35.5. The number of carbonyl (C=O) groups excluding carboxylic acids is 1. The highest BCUT2D eigenvalue weighted by Crippen LogP contribution is 2.39. The molecule has 36 heavy (non-hydrogen) atoms. The van der Waals surface area contributed by atoms with Gasteiger partial charge in [-0.15, -0.1) is 5.10 Å². The fourth-order valence-corrected chi connectivity index (χ4v) is 4.80. The van der Waals surface area contributed by atoms with Gasteiger partial charge in [-0.1, -0.05) is 53.0 Å². The molecule has 1 amide bonds. The van der Waals surface area contributed by atoms with Crippen molar-refractivity contribution >= 4 is 58.4 Å². The first-order valence-electron chi connectivity index (χ1n) is 11.4. The van der Waals surface area contributed by atoms with Crippen LogP contribution in [0.1, 0.15) is 36.1 Å². The molecule has 1 aliphatic rings. The first-order valence-corrected chi connectivity index (χ1v) is 12.5. The molecule has 4 aromatic rings. The summed E-state index contributed by atoms with van der Waals surface area (Å²) in [5.41, 5.74) is 4.40. The van der Waals surface area contributed by atoms with E-state index in [0.717, 1.165) is 41.7 Å². The minimum Gasteiger partial charge on any atom is -0.389 e. The molecule has 0 aliphatic heterocycles. The molecule has 0 atom stereocenters. The van der Waals surface area contributed by atoms with Crippen molar-refractivity contribution in [2.75, 3.05) is 5.32 Å². The molecule has 9 heteroatoms. The van der Waals surface area contributed by atoms with Crippen molar-refractivity contribution in [2.45, 2.75) is 25.7 Å². The Hall–Kier alpha value is -3.32. The molecule has 0 saturated heterocycles. The lowest BCUT2D eigenvalue weighted by atomic mass is 10.0. The third-order valence-electron chi connectivity index (χ3n) is 5.81. The average Bonchev–Trinajstić information content (AvgIpc) is 3.06. The fourth-order valence-electron chi connectivity index (χ4n) is 4.19. The Balaban J connectivity index is 1.61.